The first-order valence-electron chi connectivity index (χ1n) is 8.89. The number of nitrogens with one attached hydrogen (secondary N) is 1. The number of guanidine groups is 1. The van der Waals surface area contributed by atoms with Gasteiger partial charge >= 0.3 is 0 Å². The highest BCUT2D eigenvalue weighted by Gasteiger charge is 2.09. The standard InChI is InChI=1S/C21H29FN4O/c1-23-21(26(4)14-16-6-9-19(27-5)10-7-16)24-13-17-8-11-20(22)18(12-17)15-25(2)3/h6-12H,13-15H2,1-5H3,(H,23,24). The zero-order valence-corrected chi connectivity index (χ0v) is 16.8. The minimum atomic E-state index is -0.173. The molecule has 0 spiro atoms. The first kappa shape index (κ1) is 20.7. The van der Waals surface area contributed by atoms with E-state index in [0.29, 0.717) is 18.7 Å². The average Bonchev–Trinajstić information content (AvgIpc) is 2.65. The Kier molecular flexibility index (Phi) is 7.61. The van der Waals surface area contributed by atoms with Crippen molar-refractivity contribution >= 4 is 5.96 Å². The van der Waals surface area contributed by atoms with Gasteiger partial charge in [0.25, 0.3) is 0 Å². The Hall–Kier alpha value is -2.60. The highest BCUT2D eigenvalue weighted by atomic mass is 19.1. The fourth-order valence-corrected chi connectivity index (χ4v) is 2.85. The molecule has 0 unspecified atom stereocenters. The molecule has 2 aromatic rings. The van der Waals surface area contributed by atoms with Crippen molar-refractivity contribution in [2.24, 2.45) is 4.99 Å². The summed E-state index contributed by atoms with van der Waals surface area (Å²) in [5, 5.41) is 3.34. The van der Waals surface area contributed by atoms with Gasteiger partial charge in [0.05, 0.1) is 7.11 Å². The van der Waals surface area contributed by atoms with Crippen molar-refractivity contribution in [3.05, 3.63) is 65.0 Å². The van der Waals surface area contributed by atoms with Crippen molar-refractivity contribution in [1.29, 1.82) is 0 Å². The number of benzene rings is 2. The van der Waals surface area contributed by atoms with Gasteiger partial charge in [-0.3, -0.25) is 4.99 Å². The number of hydrogen-bond acceptors (Lipinski definition) is 3. The van der Waals surface area contributed by atoms with Crippen LogP contribution in [0.25, 0.3) is 0 Å². The second-order valence-corrected chi connectivity index (χ2v) is 6.77. The van der Waals surface area contributed by atoms with E-state index in [1.807, 2.05) is 61.3 Å². The molecule has 6 heteroatoms. The predicted molar refractivity (Wildman–Crippen MR) is 108 cm³/mol. The quantitative estimate of drug-likeness (QED) is 0.599. The predicted octanol–water partition coefficient (Wildman–Crippen LogP) is 3.10. The molecule has 0 radical (unpaired) electrons. The molecule has 27 heavy (non-hydrogen) atoms. The maximum Gasteiger partial charge on any atom is 0.193 e. The van der Waals surface area contributed by atoms with E-state index in [2.05, 4.69) is 10.3 Å². The van der Waals surface area contributed by atoms with E-state index >= 15 is 0 Å². The summed E-state index contributed by atoms with van der Waals surface area (Å²) in [7, 11) is 9.27. The third kappa shape index (κ3) is 6.25. The van der Waals surface area contributed by atoms with Gasteiger partial charge in [-0.15, -0.1) is 0 Å². The zero-order valence-electron chi connectivity index (χ0n) is 16.8. The van der Waals surface area contributed by atoms with E-state index < -0.39 is 0 Å². The number of methoxy groups -OCH3 is 1. The molecule has 0 aliphatic heterocycles. The lowest BCUT2D eigenvalue weighted by atomic mass is 10.1. The molecule has 0 amide bonds. The summed E-state index contributed by atoms with van der Waals surface area (Å²) >= 11 is 0. The molecular weight excluding hydrogens is 343 g/mol. The number of ether oxygens (including phenoxy) is 1. The molecule has 0 bridgehead atoms. The maximum absolute atomic E-state index is 13.9. The van der Waals surface area contributed by atoms with Crippen LogP contribution in [0.1, 0.15) is 16.7 Å². The van der Waals surface area contributed by atoms with Crippen LogP contribution >= 0.6 is 0 Å². The summed E-state index contributed by atoms with van der Waals surface area (Å²) in [6, 6.07) is 13.2. The Morgan fingerprint density at radius 3 is 2.30 bits per heavy atom. The Morgan fingerprint density at radius 2 is 1.70 bits per heavy atom. The normalized spacial score (nSPS) is 11.6. The molecule has 146 valence electrons. The van der Waals surface area contributed by atoms with Crippen LogP contribution in [0.4, 0.5) is 4.39 Å². The minimum absolute atomic E-state index is 0.173. The summed E-state index contributed by atoms with van der Waals surface area (Å²) < 4.78 is 19.1. The van der Waals surface area contributed by atoms with Crippen LogP contribution < -0.4 is 10.1 Å². The highest BCUT2D eigenvalue weighted by Crippen LogP contribution is 2.14. The van der Waals surface area contributed by atoms with E-state index in [1.54, 1.807) is 20.2 Å². The Balaban J connectivity index is 1.98. The number of hydrogen-bond donors (Lipinski definition) is 1. The third-order valence-corrected chi connectivity index (χ3v) is 4.20. The lowest BCUT2D eigenvalue weighted by Crippen LogP contribution is -2.38. The number of nitrogens with zero attached hydrogens (tertiary/aromatic N) is 3. The van der Waals surface area contributed by atoms with Gasteiger partial charge in [0.1, 0.15) is 11.6 Å². The van der Waals surface area contributed by atoms with Gasteiger partial charge in [-0.1, -0.05) is 18.2 Å². The van der Waals surface area contributed by atoms with Gasteiger partial charge in [-0.2, -0.15) is 0 Å². The van der Waals surface area contributed by atoms with E-state index in [4.69, 9.17) is 4.74 Å². The van der Waals surface area contributed by atoms with Gasteiger partial charge < -0.3 is 19.9 Å². The Bertz CT molecular complexity index is 759. The van der Waals surface area contributed by atoms with E-state index in [0.717, 1.165) is 29.4 Å². The minimum Gasteiger partial charge on any atom is -0.497 e. The zero-order chi connectivity index (χ0) is 19.8. The maximum atomic E-state index is 13.9. The van der Waals surface area contributed by atoms with Crippen LogP contribution in [0.3, 0.4) is 0 Å². The second kappa shape index (κ2) is 9.92. The monoisotopic (exact) mass is 372 g/mol. The van der Waals surface area contributed by atoms with Gasteiger partial charge in [0.15, 0.2) is 5.96 Å². The fourth-order valence-electron chi connectivity index (χ4n) is 2.85. The van der Waals surface area contributed by atoms with Gasteiger partial charge in [0.2, 0.25) is 0 Å². The molecule has 0 heterocycles. The smallest absolute Gasteiger partial charge is 0.193 e. The average molecular weight is 372 g/mol. The van der Waals surface area contributed by atoms with Crippen LogP contribution in [0, 0.1) is 5.82 Å². The lowest BCUT2D eigenvalue weighted by Gasteiger charge is -2.22. The SMILES string of the molecule is CN=C(NCc1ccc(F)c(CN(C)C)c1)N(C)Cc1ccc(OC)cc1. The molecule has 0 aromatic heterocycles. The largest absolute Gasteiger partial charge is 0.497 e. The second-order valence-electron chi connectivity index (χ2n) is 6.77. The Morgan fingerprint density at radius 1 is 1.04 bits per heavy atom. The first-order valence-corrected chi connectivity index (χ1v) is 8.89. The van der Waals surface area contributed by atoms with Gasteiger partial charge in [-0.25, -0.2) is 4.39 Å². The molecule has 0 saturated heterocycles. The van der Waals surface area contributed by atoms with Crippen molar-refractivity contribution in [2.45, 2.75) is 19.6 Å². The van der Waals surface area contributed by atoms with Crippen LogP contribution in [0.2, 0.25) is 0 Å². The molecule has 2 rings (SSSR count). The summed E-state index contributed by atoms with van der Waals surface area (Å²) in [5.41, 5.74) is 2.88. The van der Waals surface area contributed by atoms with E-state index in [9.17, 15) is 4.39 Å². The molecule has 0 atom stereocenters. The highest BCUT2D eigenvalue weighted by molar-refractivity contribution is 5.79. The molecule has 2 aromatic carbocycles. The number of rotatable bonds is 7. The Labute approximate surface area is 161 Å². The van der Waals surface area contributed by atoms with Crippen LogP contribution in [-0.4, -0.2) is 51.1 Å². The van der Waals surface area contributed by atoms with E-state index in [-0.39, 0.29) is 5.82 Å². The number of halogens is 1. The molecule has 0 aliphatic rings. The summed E-state index contributed by atoms with van der Waals surface area (Å²) in [5.74, 6) is 1.45. The van der Waals surface area contributed by atoms with Crippen molar-refractivity contribution in [3.63, 3.8) is 0 Å². The fraction of sp³-hybridized carbons (Fsp3) is 0.381. The van der Waals surface area contributed by atoms with E-state index in [1.165, 1.54) is 6.07 Å². The van der Waals surface area contributed by atoms with Crippen molar-refractivity contribution < 1.29 is 9.13 Å². The molecular formula is C21H29FN4O. The summed E-state index contributed by atoms with van der Waals surface area (Å²) in [6.07, 6.45) is 0. The van der Waals surface area contributed by atoms with Crippen molar-refractivity contribution in [3.8, 4) is 5.75 Å². The van der Waals surface area contributed by atoms with Gasteiger partial charge in [0, 0.05) is 39.3 Å². The number of aliphatic imine (C=N–C) groups is 1. The topological polar surface area (TPSA) is 40.1 Å². The molecule has 0 aliphatic carbocycles. The van der Waals surface area contributed by atoms with Crippen LogP contribution in [-0.2, 0) is 19.6 Å². The molecule has 5 nitrogen and oxygen atoms in total. The van der Waals surface area contributed by atoms with Crippen LogP contribution in [0.5, 0.6) is 5.75 Å². The lowest BCUT2D eigenvalue weighted by molar-refractivity contribution is 0.392. The first-order chi connectivity index (χ1) is 12.9. The molecule has 0 saturated carbocycles. The van der Waals surface area contributed by atoms with Crippen molar-refractivity contribution in [2.75, 3.05) is 35.3 Å². The molecule has 0 fully saturated rings. The third-order valence-electron chi connectivity index (χ3n) is 4.20. The summed E-state index contributed by atoms with van der Waals surface area (Å²) in [4.78, 5) is 8.35. The van der Waals surface area contributed by atoms with Crippen molar-refractivity contribution in [1.82, 2.24) is 15.1 Å². The van der Waals surface area contributed by atoms with Crippen LogP contribution in [0.15, 0.2) is 47.5 Å². The van der Waals surface area contributed by atoms with Gasteiger partial charge in [-0.05, 0) is 49.5 Å². The molecule has 1 N–H and O–H groups in total. The summed E-state index contributed by atoms with van der Waals surface area (Å²) in [6.45, 7) is 1.88.